The summed E-state index contributed by atoms with van der Waals surface area (Å²) in [5, 5.41) is 9.51. The van der Waals surface area contributed by atoms with Crippen LogP contribution in [0.1, 0.15) is 29.9 Å². The van der Waals surface area contributed by atoms with E-state index in [9.17, 15) is 9.90 Å². The lowest BCUT2D eigenvalue weighted by Crippen LogP contribution is -2.14. The van der Waals surface area contributed by atoms with E-state index < -0.39 is 11.9 Å². The monoisotopic (exact) mass is 314 g/mol. The molecule has 0 aliphatic carbocycles. The van der Waals surface area contributed by atoms with Gasteiger partial charge in [-0.2, -0.15) is 0 Å². The smallest absolute Gasteiger partial charge is 0.311 e. The summed E-state index contributed by atoms with van der Waals surface area (Å²) in [6.45, 7) is 2.48. The van der Waals surface area contributed by atoms with Gasteiger partial charge in [0.2, 0.25) is 0 Å². The Kier molecular flexibility index (Phi) is 6.03. The zero-order valence-corrected chi connectivity index (χ0v) is 13.5. The molecule has 2 aromatic carbocycles. The van der Waals surface area contributed by atoms with E-state index in [1.807, 2.05) is 43.3 Å². The number of aryl methyl sites for hydroxylation is 1. The van der Waals surface area contributed by atoms with Gasteiger partial charge < -0.3 is 14.6 Å². The third-order valence-electron chi connectivity index (χ3n) is 3.80. The van der Waals surface area contributed by atoms with Crippen LogP contribution in [0.25, 0.3) is 0 Å². The minimum atomic E-state index is -0.842. The summed E-state index contributed by atoms with van der Waals surface area (Å²) in [5.41, 5.74) is 1.78. The van der Waals surface area contributed by atoms with Crippen LogP contribution in [-0.4, -0.2) is 24.8 Å². The Morgan fingerprint density at radius 3 is 2.39 bits per heavy atom. The average Bonchev–Trinajstić information content (AvgIpc) is 2.56. The van der Waals surface area contributed by atoms with Crippen molar-refractivity contribution in [1.82, 2.24) is 0 Å². The molecule has 0 spiro atoms. The second-order valence-electron chi connectivity index (χ2n) is 5.39. The predicted octanol–water partition coefficient (Wildman–Crippen LogP) is 4.03. The lowest BCUT2D eigenvalue weighted by atomic mass is 9.93. The average molecular weight is 314 g/mol. The fourth-order valence-corrected chi connectivity index (χ4v) is 2.55. The molecule has 0 saturated heterocycles. The number of aliphatic carboxylic acids is 1. The number of para-hydroxylation sites is 2. The summed E-state index contributed by atoms with van der Waals surface area (Å²) in [5.74, 6) is 0.0217. The number of ether oxygens (including phenoxy) is 2. The van der Waals surface area contributed by atoms with Crippen molar-refractivity contribution in [1.29, 1.82) is 0 Å². The summed E-state index contributed by atoms with van der Waals surface area (Å²) in [6.07, 6.45) is 1.16. The molecule has 0 aliphatic heterocycles. The van der Waals surface area contributed by atoms with Crippen molar-refractivity contribution in [3.63, 3.8) is 0 Å². The van der Waals surface area contributed by atoms with Gasteiger partial charge in [-0.25, -0.2) is 0 Å². The number of carboxylic acids is 1. The van der Waals surface area contributed by atoms with Gasteiger partial charge in [-0.15, -0.1) is 0 Å². The fourth-order valence-electron chi connectivity index (χ4n) is 2.55. The van der Waals surface area contributed by atoms with Gasteiger partial charge >= 0.3 is 5.97 Å². The van der Waals surface area contributed by atoms with Crippen LogP contribution in [-0.2, 0) is 4.79 Å². The van der Waals surface area contributed by atoms with E-state index >= 15 is 0 Å². The van der Waals surface area contributed by atoms with Crippen LogP contribution < -0.4 is 9.47 Å². The highest BCUT2D eigenvalue weighted by molar-refractivity contribution is 5.77. The third kappa shape index (κ3) is 4.49. The van der Waals surface area contributed by atoms with Crippen LogP contribution in [0.3, 0.4) is 0 Å². The first-order chi connectivity index (χ1) is 11.1. The molecule has 1 atom stereocenters. The van der Waals surface area contributed by atoms with Crippen molar-refractivity contribution in [2.24, 2.45) is 0 Å². The normalized spacial score (nSPS) is 11.7. The van der Waals surface area contributed by atoms with E-state index in [0.29, 0.717) is 30.8 Å². The Morgan fingerprint density at radius 2 is 1.74 bits per heavy atom. The van der Waals surface area contributed by atoms with Crippen molar-refractivity contribution in [3.05, 3.63) is 59.7 Å². The molecule has 0 aliphatic rings. The Bertz CT molecular complexity index is 651. The molecule has 1 unspecified atom stereocenters. The Labute approximate surface area is 136 Å². The summed E-state index contributed by atoms with van der Waals surface area (Å²) in [6, 6.07) is 15.1. The molecule has 122 valence electrons. The molecule has 0 saturated carbocycles. The van der Waals surface area contributed by atoms with Crippen molar-refractivity contribution in [3.8, 4) is 11.5 Å². The topological polar surface area (TPSA) is 55.8 Å². The summed E-state index contributed by atoms with van der Waals surface area (Å²) in [7, 11) is 1.55. The minimum Gasteiger partial charge on any atom is -0.496 e. The molecule has 0 radical (unpaired) electrons. The van der Waals surface area contributed by atoms with Crippen LogP contribution in [0.15, 0.2) is 48.5 Å². The summed E-state index contributed by atoms with van der Waals surface area (Å²) in [4.78, 5) is 11.6. The van der Waals surface area contributed by atoms with Crippen LogP contribution in [0.2, 0.25) is 0 Å². The molecule has 0 aromatic heterocycles. The first-order valence-corrected chi connectivity index (χ1v) is 7.67. The molecule has 4 nitrogen and oxygen atoms in total. The predicted molar refractivity (Wildman–Crippen MR) is 89.3 cm³/mol. The van der Waals surface area contributed by atoms with E-state index in [0.717, 1.165) is 11.3 Å². The summed E-state index contributed by atoms with van der Waals surface area (Å²) >= 11 is 0. The molecular formula is C19H22O4. The van der Waals surface area contributed by atoms with Gasteiger partial charge in [0.05, 0.1) is 19.6 Å². The largest absolute Gasteiger partial charge is 0.496 e. The number of carbonyl (C=O) groups is 1. The fraction of sp³-hybridized carbons (Fsp3) is 0.316. The third-order valence-corrected chi connectivity index (χ3v) is 3.80. The first kappa shape index (κ1) is 16.9. The zero-order chi connectivity index (χ0) is 16.7. The van der Waals surface area contributed by atoms with E-state index in [4.69, 9.17) is 9.47 Å². The van der Waals surface area contributed by atoms with Crippen LogP contribution in [0.5, 0.6) is 11.5 Å². The Balaban J connectivity index is 1.96. The lowest BCUT2D eigenvalue weighted by Gasteiger charge is -2.16. The van der Waals surface area contributed by atoms with Gasteiger partial charge in [-0.3, -0.25) is 4.79 Å². The van der Waals surface area contributed by atoms with E-state index in [-0.39, 0.29) is 0 Å². The van der Waals surface area contributed by atoms with E-state index in [1.165, 1.54) is 0 Å². The van der Waals surface area contributed by atoms with Gasteiger partial charge in [0.25, 0.3) is 0 Å². The van der Waals surface area contributed by atoms with Crippen LogP contribution >= 0.6 is 0 Å². The van der Waals surface area contributed by atoms with Gasteiger partial charge in [0.1, 0.15) is 11.5 Å². The molecule has 2 rings (SSSR count). The van der Waals surface area contributed by atoms with Crippen molar-refractivity contribution < 1.29 is 19.4 Å². The molecule has 0 fully saturated rings. The molecule has 1 N–H and O–H groups in total. The standard InChI is InChI=1S/C19H22O4/c1-14-8-3-5-11-17(14)23-13-7-10-16(19(20)21)15-9-4-6-12-18(15)22-2/h3-6,8-9,11-12,16H,7,10,13H2,1-2H3,(H,20,21). The van der Waals surface area contributed by atoms with E-state index in [2.05, 4.69) is 0 Å². The first-order valence-electron chi connectivity index (χ1n) is 7.67. The molecule has 23 heavy (non-hydrogen) atoms. The van der Waals surface area contributed by atoms with Crippen LogP contribution in [0.4, 0.5) is 0 Å². The number of benzene rings is 2. The molecule has 0 amide bonds. The second-order valence-corrected chi connectivity index (χ2v) is 5.39. The van der Waals surface area contributed by atoms with Crippen molar-refractivity contribution in [2.75, 3.05) is 13.7 Å². The van der Waals surface area contributed by atoms with Gasteiger partial charge in [0, 0.05) is 5.56 Å². The molecule has 0 heterocycles. The van der Waals surface area contributed by atoms with Crippen molar-refractivity contribution >= 4 is 5.97 Å². The minimum absolute atomic E-state index is 0.490. The summed E-state index contributed by atoms with van der Waals surface area (Å²) < 4.78 is 11.0. The van der Waals surface area contributed by atoms with Gasteiger partial charge in [-0.05, 0) is 37.5 Å². The number of hydrogen-bond acceptors (Lipinski definition) is 3. The number of hydrogen-bond donors (Lipinski definition) is 1. The Morgan fingerprint density at radius 1 is 1.09 bits per heavy atom. The highest BCUT2D eigenvalue weighted by atomic mass is 16.5. The van der Waals surface area contributed by atoms with E-state index in [1.54, 1.807) is 19.2 Å². The molecule has 2 aromatic rings. The maximum atomic E-state index is 11.6. The molecule has 0 bridgehead atoms. The number of carboxylic acid groups (broad SMARTS) is 1. The highest BCUT2D eigenvalue weighted by Crippen LogP contribution is 2.30. The maximum Gasteiger partial charge on any atom is 0.311 e. The Hall–Kier alpha value is -2.49. The SMILES string of the molecule is COc1ccccc1C(CCCOc1ccccc1C)C(=O)O. The van der Waals surface area contributed by atoms with Crippen LogP contribution in [0, 0.1) is 6.92 Å². The number of rotatable bonds is 8. The van der Waals surface area contributed by atoms with Gasteiger partial charge in [0.15, 0.2) is 0 Å². The quantitative estimate of drug-likeness (QED) is 0.747. The van der Waals surface area contributed by atoms with Gasteiger partial charge in [-0.1, -0.05) is 36.4 Å². The number of methoxy groups -OCH3 is 1. The molecule has 4 heteroatoms. The highest BCUT2D eigenvalue weighted by Gasteiger charge is 2.22. The van der Waals surface area contributed by atoms with Crippen molar-refractivity contribution in [2.45, 2.75) is 25.7 Å². The molecular weight excluding hydrogens is 292 g/mol. The second kappa shape index (κ2) is 8.22. The lowest BCUT2D eigenvalue weighted by molar-refractivity contribution is -0.139. The maximum absolute atomic E-state index is 11.6. The zero-order valence-electron chi connectivity index (χ0n) is 13.5.